The lowest BCUT2D eigenvalue weighted by Gasteiger charge is -2.29. The molecule has 0 saturated heterocycles. The van der Waals surface area contributed by atoms with Crippen LogP contribution in [0.1, 0.15) is 93.5 Å². The van der Waals surface area contributed by atoms with E-state index < -0.39 is 0 Å². The Hall–Kier alpha value is -3.75. The quantitative estimate of drug-likeness (QED) is 0.131. The van der Waals surface area contributed by atoms with Crippen LogP contribution in [0.25, 0.3) is 22.6 Å². The molecule has 0 atom stereocenters. The molecule has 4 aromatic rings. The maximum Gasteiger partial charge on any atom is 0.259 e. The normalized spacial score (nSPS) is 17.3. The summed E-state index contributed by atoms with van der Waals surface area (Å²) in [6.45, 7) is 9.11. The molecular weight excluding hydrogens is 550 g/mol. The lowest BCUT2D eigenvalue weighted by molar-refractivity contribution is -0.0334. The Morgan fingerprint density at radius 2 is 1.82 bits per heavy atom. The molecule has 0 radical (unpaired) electrons. The Kier molecular flexibility index (Phi) is 10.7. The van der Waals surface area contributed by atoms with E-state index in [-0.39, 0.29) is 18.4 Å². The fraction of sp³-hybridized carbons (Fsp3) is 0.472. The van der Waals surface area contributed by atoms with Crippen LogP contribution in [0.5, 0.6) is 0 Å². The lowest BCUT2D eigenvalue weighted by atomic mass is 9.87. The van der Waals surface area contributed by atoms with Gasteiger partial charge in [0.2, 0.25) is 5.78 Å². The fourth-order valence-electron chi connectivity index (χ4n) is 6.44. The molecule has 0 unspecified atom stereocenters. The topological polar surface area (TPSA) is 82.7 Å². The first kappa shape index (κ1) is 31.7. The Bertz CT molecular complexity index is 1630. The highest BCUT2D eigenvalue weighted by Crippen LogP contribution is 2.33. The van der Waals surface area contributed by atoms with Crippen molar-refractivity contribution in [1.82, 2.24) is 24.5 Å². The lowest BCUT2D eigenvalue weighted by Crippen LogP contribution is -2.34. The highest BCUT2D eigenvalue weighted by atomic mass is 16.7. The average molecular weight is 598 g/mol. The Morgan fingerprint density at radius 3 is 2.52 bits per heavy atom. The van der Waals surface area contributed by atoms with Crippen molar-refractivity contribution in [2.75, 3.05) is 20.6 Å². The van der Waals surface area contributed by atoms with Crippen LogP contribution >= 0.6 is 0 Å². The van der Waals surface area contributed by atoms with Crippen LogP contribution in [-0.4, -0.2) is 39.8 Å². The Labute approximate surface area is 261 Å². The van der Waals surface area contributed by atoms with Gasteiger partial charge in [-0.25, -0.2) is 4.52 Å². The average Bonchev–Trinajstić information content (AvgIpc) is 3.42. The predicted octanol–water partition coefficient (Wildman–Crippen LogP) is 7.08. The number of aromatic nitrogens is 4. The number of ether oxygens (including phenoxy) is 2. The van der Waals surface area contributed by atoms with Crippen LogP contribution in [-0.2, 0) is 22.3 Å². The molecule has 1 aliphatic carbocycles. The molecule has 0 bridgehead atoms. The van der Waals surface area contributed by atoms with Gasteiger partial charge in [-0.05, 0) is 68.1 Å². The van der Waals surface area contributed by atoms with Crippen molar-refractivity contribution in [3.05, 3.63) is 93.2 Å². The van der Waals surface area contributed by atoms with Gasteiger partial charge in [-0.3, -0.25) is 9.36 Å². The van der Waals surface area contributed by atoms with Gasteiger partial charge >= 0.3 is 0 Å². The minimum absolute atomic E-state index is 0.0958. The zero-order valence-corrected chi connectivity index (χ0v) is 26.9. The smallest absolute Gasteiger partial charge is 0.259 e. The van der Waals surface area contributed by atoms with Crippen LogP contribution < -0.4 is 10.9 Å². The van der Waals surface area contributed by atoms with E-state index in [0.717, 1.165) is 84.2 Å². The maximum atomic E-state index is 14.3. The summed E-state index contributed by atoms with van der Waals surface area (Å²) in [5, 5.41) is 8.20. The van der Waals surface area contributed by atoms with Crippen molar-refractivity contribution in [3.63, 3.8) is 0 Å². The van der Waals surface area contributed by atoms with E-state index in [4.69, 9.17) is 19.6 Å². The number of nitrogens with zero attached hydrogens (tertiary/aromatic N) is 4. The molecule has 2 heterocycles. The van der Waals surface area contributed by atoms with Gasteiger partial charge in [-0.2, -0.15) is 10.1 Å². The first-order valence-corrected chi connectivity index (χ1v) is 16.1. The number of fused-ring (bicyclic) bond motifs is 1. The van der Waals surface area contributed by atoms with Crippen LogP contribution in [0.4, 0.5) is 0 Å². The Balaban J connectivity index is 1.49. The molecule has 8 heteroatoms. The summed E-state index contributed by atoms with van der Waals surface area (Å²) in [6.07, 6.45) is 9.63. The van der Waals surface area contributed by atoms with E-state index in [1.54, 1.807) is 7.11 Å². The molecule has 0 amide bonds. The van der Waals surface area contributed by atoms with E-state index in [1.165, 1.54) is 0 Å². The highest BCUT2D eigenvalue weighted by Gasteiger charge is 2.27. The van der Waals surface area contributed by atoms with E-state index in [1.807, 2.05) is 16.0 Å². The summed E-state index contributed by atoms with van der Waals surface area (Å²) in [6, 6.07) is 17.2. The molecule has 1 N–H and O–H groups in total. The Morgan fingerprint density at radius 1 is 1.07 bits per heavy atom. The van der Waals surface area contributed by atoms with Crippen LogP contribution in [0.15, 0.2) is 59.4 Å². The van der Waals surface area contributed by atoms with Crippen molar-refractivity contribution in [3.8, 4) is 11.1 Å². The second-order valence-corrected chi connectivity index (χ2v) is 12.0. The van der Waals surface area contributed by atoms with Crippen LogP contribution in [0.2, 0.25) is 0 Å². The van der Waals surface area contributed by atoms with Gasteiger partial charge in [0.25, 0.3) is 5.56 Å². The van der Waals surface area contributed by atoms with Crippen molar-refractivity contribution in [1.29, 1.82) is 0 Å². The number of aryl methyl sites for hydroxylation is 2. The SMILES string of the molecule is CC/C=C(\NCOCOC)c1ccccc1-c1ccc(Cc2c(CCC)n3nc(C)nc3n(C3CCC(C)CC3)c2=O)cc1. The highest BCUT2D eigenvalue weighted by molar-refractivity contribution is 5.80. The minimum atomic E-state index is 0.0958. The fourth-order valence-corrected chi connectivity index (χ4v) is 6.44. The number of hydrogen-bond donors (Lipinski definition) is 1. The molecule has 1 fully saturated rings. The van der Waals surface area contributed by atoms with Crippen molar-refractivity contribution >= 4 is 11.5 Å². The maximum absolute atomic E-state index is 14.3. The molecule has 2 aromatic carbocycles. The zero-order chi connectivity index (χ0) is 31.1. The van der Waals surface area contributed by atoms with E-state index in [0.29, 0.717) is 30.7 Å². The standard InChI is InChI=1S/C36H47N5O3/c1-6-10-33(37-23-44-24-43-5)31-13-9-8-12-30(31)28-18-16-27(17-19-28)22-32-34(11-7-2)41-36(38-26(4)39-41)40(35(32)42)29-20-14-25(3)15-21-29/h8-10,12-13,16-19,25,29,37H,6-7,11,14-15,20-24H2,1-5H3/b33-10-. The first-order chi connectivity index (χ1) is 21.4. The van der Waals surface area contributed by atoms with Crippen LogP contribution in [0, 0.1) is 12.8 Å². The van der Waals surface area contributed by atoms with Gasteiger partial charge in [0.05, 0.1) is 5.69 Å². The minimum Gasteiger partial charge on any atom is -0.362 e. The number of rotatable bonds is 13. The summed E-state index contributed by atoms with van der Waals surface area (Å²) in [5.74, 6) is 2.10. The summed E-state index contributed by atoms with van der Waals surface area (Å²) in [5.41, 5.74) is 7.43. The summed E-state index contributed by atoms with van der Waals surface area (Å²) < 4.78 is 14.5. The third kappa shape index (κ3) is 6.97. The number of benzene rings is 2. The second kappa shape index (κ2) is 14.8. The predicted molar refractivity (Wildman–Crippen MR) is 177 cm³/mol. The van der Waals surface area contributed by atoms with E-state index >= 15 is 0 Å². The number of nitrogens with one attached hydrogen (secondary N) is 1. The summed E-state index contributed by atoms with van der Waals surface area (Å²) in [7, 11) is 1.62. The molecule has 1 aliphatic rings. The molecule has 2 aromatic heterocycles. The number of hydrogen-bond acceptors (Lipinski definition) is 6. The third-order valence-electron chi connectivity index (χ3n) is 8.67. The second-order valence-electron chi connectivity index (χ2n) is 12.0. The molecule has 234 valence electrons. The van der Waals surface area contributed by atoms with Gasteiger partial charge in [-0.15, -0.1) is 0 Å². The molecule has 5 rings (SSSR count). The van der Waals surface area contributed by atoms with Crippen molar-refractivity contribution < 1.29 is 9.47 Å². The molecule has 0 spiro atoms. The summed E-state index contributed by atoms with van der Waals surface area (Å²) >= 11 is 0. The van der Waals surface area contributed by atoms with Gasteiger partial charge in [0.1, 0.15) is 19.3 Å². The number of methoxy groups -OCH3 is 1. The largest absolute Gasteiger partial charge is 0.362 e. The molecule has 44 heavy (non-hydrogen) atoms. The third-order valence-corrected chi connectivity index (χ3v) is 8.67. The van der Waals surface area contributed by atoms with Gasteiger partial charge < -0.3 is 14.8 Å². The first-order valence-electron chi connectivity index (χ1n) is 16.1. The van der Waals surface area contributed by atoms with Gasteiger partial charge in [-0.1, -0.05) is 81.8 Å². The van der Waals surface area contributed by atoms with Crippen LogP contribution in [0.3, 0.4) is 0 Å². The summed E-state index contributed by atoms with van der Waals surface area (Å²) in [4.78, 5) is 19.1. The molecule has 0 aliphatic heterocycles. The monoisotopic (exact) mass is 597 g/mol. The van der Waals surface area contributed by atoms with Crippen molar-refractivity contribution in [2.24, 2.45) is 5.92 Å². The van der Waals surface area contributed by atoms with Gasteiger partial charge in [0, 0.05) is 36.4 Å². The van der Waals surface area contributed by atoms with Gasteiger partial charge in [0.15, 0.2) is 0 Å². The van der Waals surface area contributed by atoms with E-state index in [2.05, 4.69) is 80.7 Å². The molecule has 8 nitrogen and oxygen atoms in total. The van der Waals surface area contributed by atoms with E-state index in [9.17, 15) is 4.79 Å². The molecule has 1 saturated carbocycles. The number of allylic oxidation sites excluding steroid dienone is 1. The zero-order valence-electron chi connectivity index (χ0n) is 26.9. The van der Waals surface area contributed by atoms with Crippen molar-refractivity contribution in [2.45, 2.75) is 85.1 Å². The molecular formula is C36H47N5O3.